The van der Waals surface area contributed by atoms with E-state index in [1.165, 1.54) is 11.8 Å². The van der Waals surface area contributed by atoms with Crippen LogP contribution in [0, 0.1) is 0 Å². The van der Waals surface area contributed by atoms with E-state index in [-0.39, 0.29) is 16.8 Å². The number of ether oxygens (including phenoxy) is 1. The van der Waals surface area contributed by atoms with E-state index >= 15 is 0 Å². The zero-order chi connectivity index (χ0) is 18.5. The molecule has 3 rings (SSSR count). The Morgan fingerprint density at radius 3 is 2.65 bits per heavy atom. The lowest BCUT2D eigenvalue weighted by Crippen LogP contribution is -2.21. The van der Waals surface area contributed by atoms with Gasteiger partial charge in [-0.1, -0.05) is 24.3 Å². The highest BCUT2D eigenvalue weighted by Gasteiger charge is 2.16. The largest absolute Gasteiger partial charge is 0.450 e. The average Bonchev–Trinajstić information content (AvgIpc) is 2.66. The van der Waals surface area contributed by atoms with E-state index in [1.54, 1.807) is 36.4 Å². The van der Waals surface area contributed by atoms with Crippen molar-refractivity contribution in [3.05, 3.63) is 70.6 Å². The number of anilines is 1. The Kier molecular flexibility index (Phi) is 5.38. The van der Waals surface area contributed by atoms with Gasteiger partial charge in [-0.15, -0.1) is 11.8 Å². The Labute approximate surface area is 153 Å². The van der Waals surface area contributed by atoms with E-state index in [9.17, 15) is 14.4 Å². The molecule has 0 atom stereocenters. The number of fused-ring (bicyclic) bond motifs is 1. The molecule has 0 saturated heterocycles. The quantitative estimate of drug-likeness (QED) is 0.549. The molecule has 1 amide bonds. The fourth-order valence-electron chi connectivity index (χ4n) is 2.34. The summed E-state index contributed by atoms with van der Waals surface area (Å²) in [5.41, 5.74) is 0.570. The Hall–Kier alpha value is -3.06. The zero-order valence-corrected chi connectivity index (χ0v) is 14.7. The van der Waals surface area contributed by atoms with Crippen LogP contribution in [-0.4, -0.2) is 24.7 Å². The van der Waals surface area contributed by atoms with Crippen LogP contribution in [0.2, 0.25) is 0 Å². The zero-order valence-electron chi connectivity index (χ0n) is 13.9. The van der Waals surface area contributed by atoms with Crippen molar-refractivity contribution < 1.29 is 18.7 Å². The van der Waals surface area contributed by atoms with Crippen molar-refractivity contribution in [2.75, 3.05) is 18.2 Å². The van der Waals surface area contributed by atoms with Crippen LogP contribution in [0.1, 0.15) is 10.6 Å². The maximum Gasteiger partial charge on any atom is 0.374 e. The van der Waals surface area contributed by atoms with Crippen LogP contribution >= 0.6 is 11.8 Å². The fourth-order valence-corrected chi connectivity index (χ4v) is 2.89. The van der Waals surface area contributed by atoms with Gasteiger partial charge in [0.2, 0.25) is 5.76 Å². The third-order valence-corrected chi connectivity index (χ3v) is 4.35. The second-order valence-electron chi connectivity index (χ2n) is 5.30. The fraction of sp³-hybridized carbons (Fsp3) is 0.105. The Morgan fingerprint density at radius 2 is 1.85 bits per heavy atom. The SMILES string of the molecule is CSc1ccccc1NC(=O)COC(=O)c1cc(=O)c2ccccc2o1. The van der Waals surface area contributed by atoms with Gasteiger partial charge in [-0.3, -0.25) is 9.59 Å². The molecule has 0 spiro atoms. The van der Waals surface area contributed by atoms with Crippen LogP contribution < -0.4 is 10.7 Å². The number of hydrogen-bond acceptors (Lipinski definition) is 6. The molecule has 1 heterocycles. The Bertz CT molecular complexity index is 1030. The number of benzene rings is 2. The van der Waals surface area contributed by atoms with Gasteiger partial charge in [-0.25, -0.2) is 4.79 Å². The highest BCUT2D eigenvalue weighted by molar-refractivity contribution is 7.98. The molecular formula is C19H15NO5S. The van der Waals surface area contributed by atoms with Crippen molar-refractivity contribution in [3.8, 4) is 0 Å². The number of rotatable bonds is 5. The normalized spacial score (nSPS) is 10.5. The van der Waals surface area contributed by atoms with E-state index in [2.05, 4.69) is 5.32 Å². The first-order valence-electron chi connectivity index (χ1n) is 7.71. The van der Waals surface area contributed by atoms with Gasteiger partial charge in [-0.05, 0) is 30.5 Å². The molecule has 7 heteroatoms. The first-order chi connectivity index (χ1) is 12.6. The second-order valence-corrected chi connectivity index (χ2v) is 6.14. The molecular weight excluding hydrogens is 354 g/mol. The van der Waals surface area contributed by atoms with Gasteiger partial charge in [0.25, 0.3) is 5.91 Å². The maximum absolute atomic E-state index is 12.1. The van der Waals surface area contributed by atoms with Crippen LogP contribution in [0.15, 0.2) is 68.7 Å². The summed E-state index contributed by atoms with van der Waals surface area (Å²) in [5.74, 6) is -1.60. The third-order valence-electron chi connectivity index (χ3n) is 3.55. The van der Waals surface area contributed by atoms with E-state index in [1.807, 2.05) is 18.4 Å². The van der Waals surface area contributed by atoms with Crippen molar-refractivity contribution in [2.24, 2.45) is 0 Å². The number of nitrogens with one attached hydrogen (secondary N) is 1. The highest BCUT2D eigenvalue weighted by Crippen LogP contribution is 2.24. The van der Waals surface area contributed by atoms with E-state index in [4.69, 9.17) is 9.15 Å². The molecule has 6 nitrogen and oxygen atoms in total. The van der Waals surface area contributed by atoms with Gasteiger partial charge in [0.1, 0.15) is 5.58 Å². The molecule has 0 bridgehead atoms. The molecule has 0 radical (unpaired) electrons. The number of carbonyl (C=O) groups excluding carboxylic acids is 2. The molecule has 1 N–H and O–H groups in total. The van der Waals surface area contributed by atoms with Crippen LogP contribution in [-0.2, 0) is 9.53 Å². The third kappa shape index (κ3) is 3.94. The molecule has 0 aliphatic carbocycles. The second kappa shape index (κ2) is 7.88. The summed E-state index contributed by atoms with van der Waals surface area (Å²) in [7, 11) is 0. The molecule has 1 aromatic heterocycles. The first kappa shape index (κ1) is 17.8. The van der Waals surface area contributed by atoms with E-state index < -0.39 is 18.5 Å². The van der Waals surface area contributed by atoms with Crippen LogP contribution in [0.5, 0.6) is 0 Å². The number of thioether (sulfide) groups is 1. The number of hydrogen-bond donors (Lipinski definition) is 1. The minimum atomic E-state index is -0.874. The van der Waals surface area contributed by atoms with Crippen LogP contribution in [0.4, 0.5) is 5.69 Å². The molecule has 0 fully saturated rings. The van der Waals surface area contributed by atoms with Crippen LogP contribution in [0.3, 0.4) is 0 Å². The number of amides is 1. The molecule has 3 aromatic rings. The summed E-state index contributed by atoms with van der Waals surface area (Å²) in [6, 6.07) is 14.9. The van der Waals surface area contributed by atoms with Crippen molar-refractivity contribution in [2.45, 2.75) is 4.90 Å². The number of carbonyl (C=O) groups is 2. The van der Waals surface area contributed by atoms with Crippen molar-refractivity contribution in [1.82, 2.24) is 0 Å². The Morgan fingerprint density at radius 1 is 1.12 bits per heavy atom. The standard InChI is InChI=1S/C19H15NO5S/c1-26-17-9-5-3-7-13(17)20-18(22)11-24-19(23)16-10-14(21)12-6-2-4-8-15(12)25-16/h2-10H,11H2,1H3,(H,20,22). The summed E-state index contributed by atoms with van der Waals surface area (Å²) in [5, 5.41) is 3.05. The molecule has 132 valence electrons. The van der Waals surface area contributed by atoms with Crippen LogP contribution in [0.25, 0.3) is 11.0 Å². The minimum Gasteiger partial charge on any atom is -0.450 e. The lowest BCUT2D eigenvalue weighted by Gasteiger charge is -2.09. The first-order valence-corrected chi connectivity index (χ1v) is 8.94. The van der Waals surface area contributed by atoms with Crippen molar-refractivity contribution in [1.29, 1.82) is 0 Å². The van der Waals surface area contributed by atoms with Gasteiger partial charge < -0.3 is 14.5 Å². The van der Waals surface area contributed by atoms with Crippen molar-refractivity contribution in [3.63, 3.8) is 0 Å². The van der Waals surface area contributed by atoms with Gasteiger partial charge >= 0.3 is 5.97 Å². The predicted molar refractivity (Wildman–Crippen MR) is 99.6 cm³/mol. The maximum atomic E-state index is 12.1. The molecule has 0 unspecified atom stereocenters. The lowest BCUT2D eigenvalue weighted by molar-refractivity contribution is -0.119. The van der Waals surface area contributed by atoms with E-state index in [0.717, 1.165) is 11.0 Å². The molecule has 26 heavy (non-hydrogen) atoms. The summed E-state index contributed by atoms with van der Waals surface area (Å²) in [4.78, 5) is 37.0. The molecule has 0 saturated carbocycles. The smallest absolute Gasteiger partial charge is 0.374 e. The summed E-state index contributed by atoms with van der Waals surface area (Å²) >= 11 is 1.49. The van der Waals surface area contributed by atoms with Gasteiger partial charge in [-0.2, -0.15) is 0 Å². The minimum absolute atomic E-state index is 0.244. The summed E-state index contributed by atoms with van der Waals surface area (Å²) in [6.45, 7) is -0.488. The van der Waals surface area contributed by atoms with Crippen molar-refractivity contribution >= 4 is 40.3 Å². The summed E-state index contributed by atoms with van der Waals surface area (Å²) in [6.07, 6.45) is 1.90. The highest BCUT2D eigenvalue weighted by atomic mass is 32.2. The predicted octanol–water partition coefficient (Wildman–Crippen LogP) is 3.31. The molecule has 0 aliphatic heterocycles. The lowest BCUT2D eigenvalue weighted by atomic mass is 10.2. The van der Waals surface area contributed by atoms with Gasteiger partial charge in [0, 0.05) is 11.0 Å². The van der Waals surface area contributed by atoms with E-state index in [0.29, 0.717) is 11.1 Å². The average molecular weight is 369 g/mol. The number of para-hydroxylation sites is 2. The topological polar surface area (TPSA) is 85.6 Å². The van der Waals surface area contributed by atoms with Gasteiger partial charge in [0.05, 0.1) is 11.1 Å². The Balaban J connectivity index is 1.67. The van der Waals surface area contributed by atoms with Gasteiger partial charge in [0.15, 0.2) is 12.0 Å². The molecule has 0 aliphatic rings. The monoisotopic (exact) mass is 369 g/mol. The summed E-state index contributed by atoms with van der Waals surface area (Å²) < 4.78 is 10.3. The number of esters is 1. The molecule has 2 aromatic carbocycles.